The summed E-state index contributed by atoms with van der Waals surface area (Å²) in [6, 6.07) is 15.1. The van der Waals surface area contributed by atoms with Crippen LogP contribution < -0.4 is 5.32 Å². The quantitative estimate of drug-likeness (QED) is 0.531. The number of ether oxygens (including phenoxy) is 1. The third-order valence-electron chi connectivity index (χ3n) is 7.20. The molecule has 1 aliphatic carbocycles. The Morgan fingerprint density at radius 2 is 1.66 bits per heavy atom. The van der Waals surface area contributed by atoms with Crippen LogP contribution in [0, 0.1) is 5.41 Å². The molecule has 0 radical (unpaired) electrons. The van der Waals surface area contributed by atoms with Crippen molar-refractivity contribution in [1.29, 1.82) is 0 Å². The van der Waals surface area contributed by atoms with E-state index in [-0.39, 0.29) is 12.5 Å². The van der Waals surface area contributed by atoms with E-state index in [9.17, 15) is 14.7 Å². The van der Waals surface area contributed by atoms with Gasteiger partial charge in [0.25, 0.3) is 0 Å². The van der Waals surface area contributed by atoms with E-state index in [4.69, 9.17) is 4.74 Å². The predicted octanol–water partition coefficient (Wildman–Crippen LogP) is 4.02. The number of fused-ring (bicyclic) bond motifs is 3. The van der Waals surface area contributed by atoms with E-state index < -0.39 is 23.5 Å². The molecule has 0 unspecified atom stereocenters. The zero-order valence-electron chi connectivity index (χ0n) is 18.7. The molecule has 2 aliphatic rings. The number of amides is 1. The van der Waals surface area contributed by atoms with Crippen molar-refractivity contribution in [2.24, 2.45) is 5.41 Å². The van der Waals surface area contributed by atoms with Crippen molar-refractivity contribution in [2.75, 3.05) is 33.8 Å². The lowest BCUT2D eigenvalue weighted by atomic mass is 9.72. The number of nitrogens with zero attached hydrogens (tertiary/aromatic N) is 1. The molecule has 32 heavy (non-hydrogen) atoms. The zero-order chi connectivity index (χ0) is 22.9. The highest BCUT2D eigenvalue weighted by Gasteiger charge is 2.47. The Morgan fingerprint density at radius 3 is 2.16 bits per heavy atom. The fourth-order valence-corrected chi connectivity index (χ4v) is 5.08. The first kappa shape index (κ1) is 22.1. The van der Waals surface area contributed by atoms with Crippen LogP contribution in [-0.2, 0) is 9.53 Å². The molecule has 6 heteroatoms. The Morgan fingerprint density at radius 1 is 1.12 bits per heavy atom. The van der Waals surface area contributed by atoms with Crippen LogP contribution in [0.15, 0.2) is 61.2 Å². The second kappa shape index (κ2) is 8.43. The van der Waals surface area contributed by atoms with E-state index in [0.29, 0.717) is 12.8 Å². The standard InChI is InChI=1S/C26H30N2O4/c1-4-26(13-15-28(2,3)16-14-26)23(24(29)30)27-25(31)32-17-22-20-11-7-5-9-18(20)19-10-6-8-12-21(19)22/h4-12,22-23H,1,13-17H2,2-3H3,(H-,27,29,30,31)/p+1/t23-/m0/s1. The minimum Gasteiger partial charge on any atom is -0.480 e. The number of piperidine rings is 1. The molecule has 2 aromatic carbocycles. The number of nitrogens with one attached hydrogen (secondary N) is 1. The van der Waals surface area contributed by atoms with Gasteiger partial charge in [-0.2, -0.15) is 0 Å². The van der Waals surface area contributed by atoms with Crippen molar-refractivity contribution >= 4 is 12.1 Å². The van der Waals surface area contributed by atoms with Crippen LogP contribution in [0.2, 0.25) is 0 Å². The Bertz CT molecular complexity index is 990. The molecule has 0 aromatic heterocycles. The largest absolute Gasteiger partial charge is 0.480 e. The van der Waals surface area contributed by atoms with Gasteiger partial charge in [0.05, 0.1) is 27.2 Å². The average molecular weight is 436 g/mol. The van der Waals surface area contributed by atoms with Gasteiger partial charge in [-0.3, -0.25) is 0 Å². The van der Waals surface area contributed by atoms with Gasteiger partial charge in [-0.15, -0.1) is 6.58 Å². The van der Waals surface area contributed by atoms with E-state index in [1.54, 1.807) is 6.08 Å². The fourth-order valence-electron chi connectivity index (χ4n) is 5.08. The summed E-state index contributed by atoms with van der Waals surface area (Å²) in [5.41, 5.74) is 3.84. The molecule has 1 amide bonds. The lowest BCUT2D eigenvalue weighted by Gasteiger charge is -2.45. The Balaban J connectivity index is 1.47. The smallest absolute Gasteiger partial charge is 0.407 e. The maximum atomic E-state index is 12.7. The van der Waals surface area contributed by atoms with Gasteiger partial charge in [0.1, 0.15) is 12.6 Å². The van der Waals surface area contributed by atoms with Gasteiger partial charge < -0.3 is 19.6 Å². The number of aliphatic carboxylic acids is 1. The number of rotatable bonds is 6. The first-order valence-corrected chi connectivity index (χ1v) is 11.1. The maximum absolute atomic E-state index is 12.7. The maximum Gasteiger partial charge on any atom is 0.407 e. The van der Waals surface area contributed by atoms with E-state index in [1.807, 2.05) is 24.3 Å². The lowest BCUT2D eigenvalue weighted by molar-refractivity contribution is -0.897. The summed E-state index contributed by atoms with van der Waals surface area (Å²) in [6.45, 7) is 5.70. The molecular formula is C26H31N2O4+. The van der Waals surface area contributed by atoms with Gasteiger partial charge in [-0.1, -0.05) is 54.6 Å². The highest BCUT2D eigenvalue weighted by Crippen LogP contribution is 2.44. The molecule has 168 valence electrons. The van der Waals surface area contributed by atoms with Crippen molar-refractivity contribution < 1.29 is 23.9 Å². The second-order valence-electron chi connectivity index (χ2n) is 9.56. The Kier molecular flexibility index (Phi) is 5.82. The first-order chi connectivity index (χ1) is 15.3. The van der Waals surface area contributed by atoms with Gasteiger partial charge in [-0.25, -0.2) is 9.59 Å². The molecule has 0 bridgehead atoms. The second-order valence-corrected chi connectivity index (χ2v) is 9.56. The highest BCUT2D eigenvalue weighted by molar-refractivity contribution is 5.82. The van der Waals surface area contributed by atoms with Crippen molar-refractivity contribution in [1.82, 2.24) is 5.32 Å². The van der Waals surface area contributed by atoms with E-state index in [2.05, 4.69) is 50.3 Å². The number of alkyl carbamates (subject to hydrolysis) is 1. The van der Waals surface area contributed by atoms with Crippen LogP contribution in [0.25, 0.3) is 11.1 Å². The predicted molar refractivity (Wildman–Crippen MR) is 123 cm³/mol. The normalized spacial score (nSPS) is 19.3. The van der Waals surface area contributed by atoms with Gasteiger partial charge >= 0.3 is 12.1 Å². The minimum absolute atomic E-state index is 0.0717. The fraction of sp³-hybridized carbons (Fsp3) is 0.385. The van der Waals surface area contributed by atoms with Crippen LogP contribution in [0.3, 0.4) is 0 Å². The number of carboxylic acid groups (broad SMARTS) is 1. The molecule has 0 spiro atoms. The zero-order valence-corrected chi connectivity index (χ0v) is 18.7. The highest BCUT2D eigenvalue weighted by atomic mass is 16.5. The molecule has 6 nitrogen and oxygen atoms in total. The van der Waals surface area contributed by atoms with Crippen molar-refractivity contribution in [3.8, 4) is 11.1 Å². The summed E-state index contributed by atoms with van der Waals surface area (Å²) in [4.78, 5) is 24.9. The molecule has 1 aliphatic heterocycles. The minimum atomic E-state index is -1.07. The Hall–Kier alpha value is -3.12. The summed E-state index contributed by atoms with van der Waals surface area (Å²) in [6.07, 6.45) is 2.28. The Labute approximate surface area is 189 Å². The van der Waals surface area contributed by atoms with E-state index >= 15 is 0 Å². The van der Waals surface area contributed by atoms with Gasteiger partial charge in [0.2, 0.25) is 0 Å². The summed E-state index contributed by atoms with van der Waals surface area (Å²) in [5, 5.41) is 12.6. The molecular weight excluding hydrogens is 404 g/mol. The third kappa shape index (κ3) is 4.02. The summed E-state index contributed by atoms with van der Waals surface area (Å²) < 4.78 is 6.42. The van der Waals surface area contributed by atoms with Gasteiger partial charge in [0.15, 0.2) is 0 Å². The van der Waals surface area contributed by atoms with Gasteiger partial charge in [-0.05, 0) is 22.3 Å². The topological polar surface area (TPSA) is 75.6 Å². The van der Waals surface area contributed by atoms with Crippen LogP contribution >= 0.6 is 0 Å². The number of benzene rings is 2. The number of carbonyl (C=O) groups excluding carboxylic acids is 1. The molecule has 4 rings (SSSR count). The molecule has 2 N–H and O–H groups in total. The molecule has 1 saturated heterocycles. The van der Waals surface area contributed by atoms with Crippen LogP contribution in [-0.4, -0.2) is 61.5 Å². The van der Waals surface area contributed by atoms with Crippen LogP contribution in [0.1, 0.15) is 29.9 Å². The molecule has 0 saturated carbocycles. The molecule has 1 heterocycles. The van der Waals surface area contributed by atoms with Crippen molar-refractivity contribution in [3.63, 3.8) is 0 Å². The summed E-state index contributed by atoms with van der Waals surface area (Å²) in [5.74, 6) is -1.14. The van der Waals surface area contributed by atoms with Crippen LogP contribution in [0.4, 0.5) is 4.79 Å². The summed E-state index contributed by atoms with van der Waals surface area (Å²) >= 11 is 0. The number of likely N-dealkylation sites (tertiary alicyclic amines) is 1. The average Bonchev–Trinajstić information content (AvgIpc) is 3.10. The van der Waals surface area contributed by atoms with Crippen molar-refractivity contribution in [2.45, 2.75) is 24.8 Å². The SMILES string of the molecule is C=CC1([C@@H](NC(=O)OCC2c3ccccc3-c3ccccc32)C(=O)O)CC[N+](C)(C)CC1. The van der Waals surface area contributed by atoms with Gasteiger partial charge in [0, 0.05) is 24.2 Å². The monoisotopic (exact) mass is 435 g/mol. The third-order valence-corrected chi connectivity index (χ3v) is 7.20. The molecule has 1 fully saturated rings. The number of quaternary nitrogens is 1. The number of carbonyl (C=O) groups is 2. The number of carboxylic acids is 1. The molecule has 2 aromatic rings. The number of hydrogen-bond donors (Lipinski definition) is 2. The molecule has 1 atom stereocenters. The van der Waals surface area contributed by atoms with Crippen LogP contribution in [0.5, 0.6) is 0 Å². The van der Waals surface area contributed by atoms with E-state index in [0.717, 1.165) is 39.8 Å². The van der Waals surface area contributed by atoms with E-state index in [1.165, 1.54) is 0 Å². The lowest BCUT2D eigenvalue weighted by Crippen LogP contribution is -2.58. The van der Waals surface area contributed by atoms with Crippen molar-refractivity contribution in [3.05, 3.63) is 72.3 Å². The summed E-state index contributed by atoms with van der Waals surface area (Å²) in [7, 11) is 4.25. The number of hydrogen-bond acceptors (Lipinski definition) is 3. The first-order valence-electron chi connectivity index (χ1n) is 11.1.